The lowest BCUT2D eigenvalue weighted by Gasteiger charge is -2.07. The van der Waals surface area contributed by atoms with E-state index in [2.05, 4.69) is 21.8 Å². The molecule has 0 saturated heterocycles. The van der Waals surface area contributed by atoms with Crippen LogP contribution in [0, 0.1) is 11.8 Å². The molecular weight excluding hydrogens is 243 g/mol. The van der Waals surface area contributed by atoms with Crippen molar-refractivity contribution in [2.45, 2.75) is 12.6 Å². The monoisotopic (exact) mass is 249 g/mol. The fourth-order valence-corrected chi connectivity index (χ4v) is 1.00. The fourth-order valence-electron chi connectivity index (χ4n) is 0.908. The molecule has 0 aliphatic carbocycles. The van der Waals surface area contributed by atoms with Gasteiger partial charge in [0.1, 0.15) is 0 Å². The molecular formula is C9H7ClF3N3. The lowest BCUT2D eigenvalue weighted by atomic mass is 10.2. The molecule has 0 atom stereocenters. The first-order chi connectivity index (χ1) is 7.45. The summed E-state index contributed by atoms with van der Waals surface area (Å²) in [5.74, 6) is 4.61. The Morgan fingerprint density at radius 1 is 1.44 bits per heavy atom. The normalized spacial score (nSPS) is 10.8. The Kier molecular flexibility index (Phi) is 3.96. The summed E-state index contributed by atoms with van der Waals surface area (Å²) >= 11 is 5.35. The minimum Gasteiger partial charge on any atom is -0.368 e. The highest BCUT2D eigenvalue weighted by Gasteiger charge is 2.35. The number of rotatable bonds is 1. The first-order valence-corrected chi connectivity index (χ1v) is 4.73. The van der Waals surface area contributed by atoms with Crippen LogP contribution in [0.3, 0.4) is 0 Å². The zero-order valence-corrected chi connectivity index (χ0v) is 8.73. The number of nitrogens with zero attached hydrogens (tertiary/aromatic N) is 2. The van der Waals surface area contributed by atoms with Crippen molar-refractivity contribution in [1.29, 1.82) is 0 Å². The van der Waals surface area contributed by atoms with E-state index in [9.17, 15) is 13.2 Å². The number of hydrogen-bond donors (Lipinski definition) is 1. The largest absolute Gasteiger partial charge is 0.434 e. The van der Waals surface area contributed by atoms with E-state index in [0.717, 1.165) is 6.20 Å². The summed E-state index contributed by atoms with van der Waals surface area (Å²) in [6.45, 7) is 0. The van der Waals surface area contributed by atoms with E-state index < -0.39 is 17.8 Å². The summed E-state index contributed by atoms with van der Waals surface area (Å²) in [4.78, 5) is 6.59. The maximum Gasteiger partial charge on any atom is 0.434 e. The Bertz CT molecular complexity index is 434. The van der Waals surface area contributed by atoms with E-state index in [4.69, 9.17) is 17.3 Å². The number of halogens is 4. The second-order valence-corrected chi connectivity index (χ2v) is 3.11. The van der Waals surface area contributed by atoms with Crippen molar-refractivity contribution >= 4 is 17.5 Å². The summed E-state index contributed by atoms with van der Waals surface area (Å²) in [6.07, 6.45) is -3.35. The third kappa shape index (κ3) is 3.28. The van der Waals surface area contributed by atoms with Gasteiger partial charge in [-0.25, -0.2) is 9.97 Å². The SMILES string of the molecule is Nc1ncc(C#CCCCl)c(C(F)(F)F)n1. The van der Waals surface area contributed by atoms with Gasteiger partial charge in [0.15, 0.2) is 5.69 Å². The van der Waals surface area contributed by atoms with Crippen LogP contribution in [0.1, 0.15) is 17.7 Å². The third-order valence-electron chi connectivity index (χ3n) is 1.52. The van der Waals surface area contributed by atoms with Crippen molar-refractivity contribution < 1.29 is 13.2 Å². The van der Waals surface area contributed by atoms with Crippen LogP contribution in [0.5, 0.6) is 0 Å². The van der Waals surface area contributed by atoms with Gasteiger partial charge in [-0.3, -0.25) is 0 Å². The summed E-state index contributed by atoms with van der Waals surface area (Å²) in [7, 11) is 0. The second kappa shape index (κ2) is 5.03. The molecule has 0 radical (unpaired) electrons. The van der Waals surface area contributed by atoms with Crippen molar-refractivity contribution in [3.05, 3.63) is 17.5 Å². The number of anilines is 1. The molecule has 0 unspecified atom stereocenters. The predicted molar refractivity (Wildman–Crippen MR) is 53.7 cm³/mol. The van der Waals surface area contributed by atoms with E-state index in [-0.39, 0.29) is 11.4 Å². The highest BCUT2D eigenvalue weighted by atomic mass is 35.5. The van der Waals surface area contributed by atoms with E-state index in [1.54, 1.807) is 0 Å². The Morgan fingerprint density at radius 3 is 2.69 bits per heavy atom. The highest BCUT2D eigenvalue weighted by Crippen LogP contribution is 2.29. The van der Waals surface area contributed by atoms with Crippen molar-refractivity contribution in [2.75, 3.05) is 11.6 Å². The van der Waals surface area contributed by atoms with Crippen molar-refractivity contribution in [3.63, 3.8) is 0 Å². The maximum atomic E-state index is 12.5. The van der Waals surface area contributed by atoms with Crippen LogP contribution in [0.25, 0.3) is 0 Å². The van der Waals surface area contributed by atoms with Gasteiger partial charge in [0.25, 0.3) is 0 Å². The number of aromatic nitrogens is 2. The molecule has 2 N–H and O–H groups in total. The summed E-state index contributed by atoms with van der Waals surface area (Å²) in [5, 5.41) is 0. The smallest absolute Gasteiger partial charge is 0.368 e. The van der Waals surface area contributed by atoms with Crippen LogP contribution in [-0.2, 0) is 6.18 Å². The molecule has 0 aliphatic heterocycles. The molecule has 86 valence electrons. The quantitative estimate of drug-likeness (QED) is 0.612. The zero-order valence-electron chi connectivity index (χ0n) is 7.98. The predicted octanol–water partition coefficient (Wildman–Crippen LogP) is 2.06. The molecule has 0 amide bonds. The minimum absolute atomic E-state index is 0.254. The van der Waals surface area contributed by atoms with Gasteiger partial charge < -0.3 is 5.73 Å². The van der Waals surface area contributed by atoms with Crippen LogP contribution >= 0.6 is 11.6 Å². The van der Waals surface area contributed by atoms with Crippen molar-refractivity contribution in [3.8, 4) is 11.8 Å². The average molecular weight is 250 g/mol. The lowest BCUT2D eigenvalue weighted by Crippen LogP contribution is -2.13. The fraction of sp³-hybridized carbons (Fsp3) is 0.333. The minimum atomic E-state index is -4.60. The van der Waals surface area contributed by atoms with Crippen molar-refractivity contribution in [2.24, 2.45) is 0 Å². The average Bonchev–Trinajstić information content (AvgIpc) is 2.19. The molecule has 1 aromatic heterocycles. The molecule has 0 spiro atoms. The van der Waals surface area contributed by atoms with E-state index in [1.807, 2.05) is 0 Å². The summed E-state index contributed by atoms with van der Waals surface area (Å²) in [6, 6.07) is 0. The van der Waals surface area contributed by atoms with Crippen LogP contribution in [0.2, 0.25) is 0 Å². The Balaban J connectivity index is 3.15. The summed E-state index contributed by atoms with van der Waals surface area (Å²) < 4.78 is 37.5. The van der Waals surface area contributed by atoms with E-state index >= 15 is 0 Å². The Morgan fingerprint density at radius 2 is 2.12 bits per heavy atom. The number of nitrogens with two attached hydrogens (primary N) is 1. The molecule has 0 bridgehead atoms. The molecule has 7 heteroatoms. The third-order valence-corrected chi connectivity index (χ3v) is 1.71. The highest BCUT2D eigenvalue weighted by molar-refractivity contribution is 6.18. The molecule has 1 aromatic rings. The van der Waals surface area contributed by atoms with Crippen LogP contribution in [0.15, 0.2) is 6.20 Å². The molecule has 0 saturated carbocycles. The van der Waals surface area contributed by atoms with E-state index in [0.29, 0.717) is 6.42 Å². The molecule has 3 nitrogen and oxygen atoms in total. The first-order valence-electron chi connectivity index (χ1n) is 4.19. The standard InChI is InChI=1S/C9H7ClF3N3/c10-4-2-1-3-6-5-15-8(14)16-7(6)9(11,12)13/h5H,2,4H2,(H2,14,15,16). The molecule has 0 fully saturated rings. The summed E-state index contributed by atoms with van der Waals surface area (Å²) in [5.41, 5.74) is 3.67. The van der Waals surface area contributed by atoms with Crippen LogP contribution in [-0.4, -0.2) is 15.8 Å². The molecule has 0 aliphatic rings. The van der Waals surface area contributed by atoms with Crippen molar-refractivity contribution in [1.82, 2.24) is 9.97 Å². The lowest BCUT2D eigenvalue weighted by molar-refractivity contribution is -0.141. The Labute approximate surface area is 94.8 Å². The van der Waals surface area contributed by atoms with Crippen LogP contribution in [0.4, 0.5) is 19.1 Å². The number of alkyl halides is 4. The van der Waals surface area contributed by atoms with Gasteiger partial charge in [0.05, 0.1) is 5.56 Å². The molecule has 1 rings (SSSR count). The molecule has 1 heterocycles. The molecule has 16 heavy (non-hydrogen) atoms. The van der Waals surface area contributed by atoms with Gasteiger partial charge >= 0.3 is 6.18 Å². The number of hydrogen-bond acceptors (Lipinski definition) is 3. The topological polar surface area (TPSA) is 51.8 Å². The zero-order chi connectivity index (χ0) is 12.2. The molecule has 0 aromatic carbocycles. The van der Waals surface area contributed by atoms with Crippen LogP contribution < -0.4 is 5.73 Å². The second-order valence-electron chi connectivity index (χ2n) is 2.73. The van der Waals surface area contributed by atoms with Gasteiger partial charge in [0, 0.05) is 18.5 Å². The van der Waals surface area contributed by atoms with E-state index in [1.165, 1.54) is 0 Å². The first kappa shape index (κ1) is 12.6. The van der Waals surface area contributed by atoms with Gasteiger partial charge in [-0.05, 0) is 0 Å². The van der Waals surface area contributed by atoms with Gasteiger partial charge in [-0.1, -0.05) is 11.8 Å². The maximum absolute atomic E-state index is 12.5. The van der Waals surface area contributed by atoms with Gasteiger partial charge in [-0.15, -0.1) is 11.6 Å². The number of nitrogen functional groups attached to an aromatic ring is 1. The Hall–Kier alpha value is -1.48. The van der Waals surface area contributed by atoms with Gasteiger partial charge in [-0.2, -0.15) is 13.2 Å². The van der Waals surface area contributed by atoms with Gasteiger partial charge in [0.2, 0.25) is 5.95 Å².